The van der Waals surface area contributed by atoms with Crippen LogP contribution in [0.2, 0.25) is 0 Å². The fourth-order valence-electron chi connectivity index (χ4n) is 3.61. The summed E-state index contributed by atoms with van der Waals surface area (Å²) in [6, 6.07) is 5.71. The number of piperidine rings is 1. The summed E-state index contributed by atoms with van der Waals surface area (Å²) in [5, 5.41) is 0. The minimum atomic E-state index is -0.294. The summed E-state index contributed by atoms with van der Waals surface area (Å²) < 4.78 is 22.5. The summed E-state index contributed by atoms with van der Waals surface area (Å²) >= 11 is 0. The van der Waals surface area contributed by atoms with Crippen LogP contribution < -0.4 is 9.47 Å². The molecule has 0 spiro atoms. The molecule has 1 unspecified atom stereocenters. The highest BCUT2D eigenvalue weighted by atomic mass is 16.7. The molecule has 0 N–H and O–H groups in total. The number of likely N-dealkylation sites (tertiary alicyclic amines) is 1. The number of ether oxygens (including phenoxy) is 4. The van der Waals surface area contributed by atoms with Gasteiger partial charge in [0.2, 0.25) is 5.91 Å². The molecule has 0 bridgehead atoms. The molecular weight excluding hydrogens is 358 g/mol. The van der Waals surface area contributed by atoms with Crippen LogP contribution in [0.4, 0.5) is 0 Å². The Balaban J connectivity index is 1.65. The molecule has 2 aliphatic rings. The van der Waals surface area contributed by atoms with Crippen LogP contribution in [0.5, 0.6) is 11.5 Å². The maximum absolute atomic E-state index is 12.8. The number of benzene rings is 1. The first-order valence-electron chi connectivity index (χ1n) is 10.3. The monoisotopic (exact) mass is 389 g/mol. The summed E-state index contributed by atoms with van der Waals surface area (Å²) in [6.45, 7) is 4.74. The summed E-state index contributed by atoms with van der Waals surface area (Å²) in [5.41, 5.74) is 0.898. The number of nitrogens with zero attached hydrogens (tertiary/aromatic N) is 1. The van der Waals surface area contributed by atoms with Crippen LogP contribution in [-0.4, -0.2) is 56.6 Å². The topological polar surface area (TPSA) is 57.2 Å². The van der Waals surface area contributed by atoms with Gasteiger partial charge in [-0.15, -0.1) is 0 Å². The molecule has 0 saturated carbocycles. The number of carbonyl (C=O) groups is 1. The minimum Gasteiger partial charge on any atom is -0.493 e. The van der Waals surface area contributed by atoms with Crippen molar-refractivity contribution in [1.29, 1.82) is 0 Å². The highest BCUT2D eigenvalue weighted by molar-refractivity contribution is 5.92. The van der Waals surface area contributed by atoms with Crippen LogP contribution in [0.3, 0.4) is 0 Å². The number of carbonyl (C=O) groups excluding carboxylic acids is 1. The Labute approximate surface area is 167 Å². The van der Waals surface area contributed by atoms with Crippen molar-refractivity contribution in [2.45, 2.75) is 51.4 Å². The van der Waals surface area contributed by atoms with Crippen LogP contribution in [0.1, 0.15) is 44.6 Å². The van der Waals surface area contributed by atoms with Crippen molar-refractivity contribution in [2.75, 3.05) is 33.5 Å². The molecule has 2 heterocycles. The molecule has 1 atom stereocenters. The predicted octanol–water partition coefficient (Wildman–Crippen LogP) is 3.64. The standard InChI is InChI=1S/C22H31NO5/c1-3-4-13-26-19-10-8-17(16-20(19)25-2)9-11-21(24)23-12-6-5-7-18(23)22-27-14-15-28-22/h8-11,16,18,22H,3-7,12-15H2,1-2H3/b11-9+. The Morgan fingerprint density at radius 3 is 2.82 bits per heavy atom. The minimum absolute atomic E-state index is 0.00252. The largest absolute Gasteiger partial charge is 0.493 e. The SMILES string of the molecule is CCCCOc1ccc(/C=C/C(=O)N2CCCCC2C2OCCO2)cc1OC. The van der Waals surface area contributed by atoms with Crippen molar-refractivity contribution in [1.82, 2.24) is 4.90 Å². The molecule has 2 saturated heterocycles. The maximum Gasteiger partial charge on any atom is 0.246 e. The number of unbranched alkanes of at least 4 members (excludes halogenated alkanes) is 1. The highest BCUT2D eigenvalue weighted by Gasteiger charge is 2.35. The van der Waals surface area contributed by atoms with E-state index in [0.717, 1.165) is 50.0 Å². The molecule has 1 aromatic rings. The van der Waals surface area contributed by atoms with Gasteiger partial charge in [-0.25, -0.2) is 0 Å². The van der Waals surface area contributed by atoms with E-state index in [-0.39, 0.29) is 18.2 Å². The molecule has 6 heteroatoms. The molecule has 0 aliphatic carbocycles. The smallest absolute Gasteiger partial charge is 0.246 e. The lowest BCUT2D eigenvalue weighted by atomic mass is 10.0. The van der Waals surface area contributed by atoms with Gasteiger partial charge in [0.25, 0.3) is 0 Å². The van der Waals surface area contributed by atoms with Crippen molar-refractivity contribution < 1.29 is 23.7 Å². The Kier molecular flexibility index (Phi) is 7.74. The summed E-state index contributed by atoms with van der Waals surface area (Å²) in [6.07, 6.45) is 8.27. The molecule has 1 amide bonds. The second kappa shape index (κ2) is 10.5. The van der Waals surface area contributed by atoms with Gasteiger partial charge < -0.3 is 23.8 Å². The van der Waals surface area contributed by atoms with E-state index in [1.165, 1.54) is 0 Å². The van der Waals surface area contributed by atoms with E-state index < -0.39 is 0 Å². The van der Waals surface area contributed by atoms with Crippen LogP contribution in [0.25, 0.3) is 6.08 Å². The van der Waals surface area contributed by atoms with Crippen molar-refractivity contribution in [3.05, 3.63) is 29.8 Å². The van der Waals surface area contributed by atoms with Crippen molar-refractivity contribution in [2.24, 2.45) is 0 Å². The zero-order valence-electron chi connectivity index (χ0n) is 16.9. The Morgan fingerprint density at radius 2 is 2.07 bits per heavy atom. The average Bonchev–Trinajstić information content (AvgIpc) is 3.27. The zero-order valence-corrected chi connectivity index (χ0v) is 16.9. The number of hydrogen-bond acceptors (Lipinski definition) is 5. The third kappa shape index (κ3) is 5.26. The van der Waals surface area contributed by atoms with Crippen molar-refractivity contribution in [3.8, 4) is 11.5 Å². The third-order valence-corrected chi connectivity index (χ3v) is 5.16. The Bertz CT molecular complexity index is 669. The van der Waals surface area contributed by atoms with Gasteiger partial charge in [0.05, 0.1) is 33.0 Å². The van der Waals surface area contributed by atoms with E-state index in [2.05, 4.69) is 6.92 Å². The zero-order chi connectivity index (χ0) is 19.8. The van der Waals surface area contributed by atoms with Gasteiger partial charge in [-0.05, 0) is 49.5 Å². The molecule has 6 nitrogen and oxygen atoms in total. The average molecular weight is 389 g/mol. The highest BCUT2D eigenvalue weighted by Crippen LogP contribution is 2.29. The molecule has 154 valence electrons. The summed E-state index contributed by atoms with van der Waals surface area (Å²) in [5.74, 6) is 1.39. The predicted molar refractivity (Wildman–Crippen MR) is 107 cm³/mol. The Hall–Kier alpha value is -2.05. The van der Waals surface area contributed by atoms with Gasteiger partial charge in [-0.2, -0.15) is 0 Å². The van der Waals surface area contributed by atoms with Gasteiger partial charge in [0.1, 0.15) is 0 Å². The quantitative estimate of drug-likeness (QED) is 0.502. The normalized spacial score (nSPS) is 20.6. The molecule has 28 heavy (non-hydrogen) atoms. The Morgan fingerprint density at radius 1 is 1.25 bits per heavy atom. The van der Waals surface area contributed by atoms with Gasteiger partial charge in [0.15, 0.2) is 17.8 Å². The second-order valence-corrected chi connectivity index (χ2v) is 7.15. The third-order valence-electron chi connectivity index (χ3n) is 5.16. The lowest BCUT2D eigenvalue weighted by Gasteiger charge is -2.37. The fourth-order valence-corrected chi connectivity index (χ4v) is 3.61. The maximum atomic E-state index is 12.8. The van der Waals surface area contributed by atoms with Crippen LogP contribution in [0.15, 0.2) is 24.3 Å². The van der Waals surface area contributed by atoms with Crippen molar-refractivity contribution >= 4 is 12.0 Å². The second-order valence-electron chi connectivity index (χ2n) is 7.15. The van der Waals surface area contributed by atoms with E-state index in [1.807, 2.05) is 29.2 Å². The number of amides is 1. The van der Waals surface area contributed by atoms with E-state index in [4.69, 9.17) is 18.9 Å². The van der Waals surface area contributed by atoms with E-state index in [9.17, 15) is 4.79 Å². The summed E-state index contributed by atoms with van der Waals surface area (Å²) in [4.78, 5) is 14.7. The van der Waals surface area contributed by atoms with Gasteiger partial charge in [-0.1, -0.05) is 19.4 Å². The number of rotatable bonds is 8. The van der Waals surface area contributed by atoms with Gasteiger partial charge in [0, 0.05) is 12.6 Å². The molecule has 3 rings (SSSR count). The summed E-state index contributed by atoms with van der Waals surface area (Å²) in [7, 11) is 1.63. The molecular formula is C22H31NO5. The van der Waals surface area contributed by atoms with Crippen LogP contribution >= 0.6 is 0 Å². The molecule has 2 fully saturated rings. The lowest BCUT2D eigenvalue weighted by molar-refractivity contribution is -0.145. The number of methoxy groups -OCH3 is 1. The number of hydrogen-bond donors (Lipinski definition) is 0. The van der Waals surface area contributed by atoms with E-state index in [0.29, 0.717) is 25.6 Å². The molecule has 0 aromatic heterocycles. The van der Waals surface area contributed by atoms with E-state index in [1.54, 1.807) is 13.2 Å². The molecule has 1 aromatic carbocycles. The van der Waals surface area contributed by atoms with Gasteiger partial charge >= 0.3 is 0 Å². The lowest BCUT2D eigenvalue weighted by Crippen LogP contribution is -2.49. The first-order chi connectivity index (χ1) is 13.7. The van der Waals surface area contributed by atoms with Crippen LogP contribution in [-0.2, 0) is 14.3 Å². The van der Waals surface area contributed by atoms with E-state index >= 15 is 0 Å². The van der Waals surface area contributed by atoms with Crippen molar-refractivity contribution in [3.63, 3.8) is 0 Å². The molecule has 2 aliphatic heterocycles. The van der Waals surface area contributed by atoms with Crippen LogP contribution in [0, 0.1) is 0 Å². The first kappa shape index (κ1) is 20.7. The van der Waals surface area contributed by atoms with Gasteiger partial charge in [-0.3, -0.25) is 4.79 Å². The fraction of sp³-hybridized carbons (Fsp3) is 0.591. The first-order valence-corrected chi connectivity index (χ1v) is 10.3. The molecule has 0 radical (unpaired) electrons.